The Morgan fingerprint density at radius 1 is 1.03 bits per heavy atom. The van der Waals surface area contributed by atoms with Crippen LogP contribution in [-0.2, 0) is 16.3 Å². The molecule has 10 heteroatoms. The van der Waals surface area contributed by atoms with E-state index in [-0.39, 0.29) is 9.92 Å². The summed E-state index contributed by atoms with van der Waals surface area (Å²) in [6, 6.07) is 9.08. The molecule has 3 aromatic rings. The highest BCUT2D eigenvalue weighted by Gasteiger charge is 2.32. The van der Waals surface area contributed by atoms with E-state index in [1.165, 1.54) is 23.5 Å². The van der Waals surface area contributed by atoms with E-state index in [1.807, 2.05) is 17.5 Å². The molecule has 1 aliphatic heterocycles. The average Bonchev–Trinajstić information content (AvgIpc) is 3.21. The van der Waals surface area contributed by atoms with Gasteiger partial charge in [0.05, 0.1) is 30.9 Å². The molecule has 4 nitrogen and oxygen atoms in total. The minimum atomic E-state index is -3.57. The number of hydrogen-bond donors (Lipinski definition) is 0. The van der Waals surface area contributed by atoms with E-state index >= 15 is 0 Å². The summed E-state index contributed by atoms with van der Waals surface area (Å²) in [5.74, 6) is -0.629. The first-order valence-electron chi connectivity index (χ1n) is 9.56. The summed E-state index contributed by atoms with van der Waals surface area (Å²) in [6.07, 6.45) is 1.58. The van der Waals surface area contributed by atoms with Crippen LogP contribution < -0.4 is 4.90 Å². The van der Waals surface area contributed by atoms with Crippen molar-refractivity contribution in [3.05, 3.63) is 73.9 Å². The number of hydrogen-bond acceptors (Lipinski definition) is 5. The number of thiazole rings is 1. The Hall–Kier alpha value is -1.38. The summed E-state index contributed by atoms with van der Waals surface area (Å²) < 4.78 is 39.2. The van der Waals surface area contributed by atoms with Crippen molar-refractivity contribution in [1.82, 2.24) is 4.98 Å². The second kappa shape index (κ2) is 9.24. The van der Waals surface area contributed by atoms with E-state index in [4.69, 9.17) is 39.8 Å². The highest BCUT2D eigenvalue weighted by Crippen LogP contribution is 2.31. The Morgan fingerprint density at radius 2 is 1.77 bits per heavy atom. The molecule has 0 unspecified atom stereocenters. The molecule has 0 amide bonds. The Labute approximate surface area is 199 Å². The standard InChI is InChI=1S/C21H18Cl3FN2O2S2/c22-17-3-1-13(10-18(17)23)9-14-12-30-21(26-14)27-7-5-15(6-8-27)31(28,29)16-2-4-20(25)19(24)11-16/h1-4,10-12,15H,5-9H2. The molecule has 0 spiro atoms. The Balaban J connectivity index is 1.41. The molecular weight excluding hydrogens is 502 g/mol. The number of rotatable bonds is 5. The van der Waals surface area contributed by atoms with E-state index in [1.54, 1.807) is 6.07 Å². The summed E-state index contributed by atoms with van der Waals surface area (Å²) in [4.78, 5) is 6.88. The van der Waals surface area contributed by atoms with Gasteiger partial charge in [-0.1, -0.05) is 40.9 Å². The van der Waals surface area contributed by atoms with Gasteiger partial charge in [0.1, 0.15) is 5.82 Å². The lowest BCUT2D eigenvalue weighted by Crippen LogP contribution is -2.39. The van der Waals surface area contributed by atoms with Crippen molar-refractivity contribution in [3.8, 4) is 0 Å². The van der Waals surface area contributed by atoms with E-state index in [0.29, 0.717) is 42.4 Å². The second-order valence-corrected chi connectivity index (χ2v) is 11.6. The van der Waals surface area contributed by atoms with E-state index < -0.39 is 20.9 Å². The van der Waals surface area contributed by atoms with Crippen molar-refractivity contribution in [2.24, 2.45) is 0 Å². The first-order chi connectivity index (χ1) is 14.7. The van der Waals surface area contributed by atoms with Crippen LogP contribution in [0.15, 0.2) is 46.7 Å². The third kappa shape index (κ3) is 5.01. The van der Waals surface area contributed by atoms with Crippen molar-refractivity contribution >= 4 is 61.1 Å². The maximum Gasteiger partial charge on any atom is 0.185 e. The Morgan fingerprint density at radius 3 is 2.45 bits per heavy atom. The maximum atomic E-state index is 13.4. The molecule has 0 radical (unpaired) electrons. The smallest absolute Gasteiger partial charge is 0.185 e. The summed E-state index contributed by atoms with van der Waals surface area (Å²) >= 11 is 19.4. The molecule has 0 aliphatic carbocycles. The SMILES string of the molecule is O=S(=O)(c1ccc(F)c(Cl)c1)C1CCN(c2nc(Cc3ccc(Cl)c(Cl)c3)cs2)CC1. The third-order valence-electron chi connectivity index (χ3n) is 5.28. The van der Waals surface area contributed by atoms with Gasteiger partial charge in [0.15, 0.2) is 15.0 Å². The zero-order chi connectivity index (χ0) is 22.2. The summed E-state index contributed by atoms with van der Waals surface area (Å²) in [7, 11) is -3.57. The van der Waals surface area contributed by atoms with Crippen molar-refractivity contribution < 1.29 is 12.8 Å². The van der Waals surface area contributed by atoms with Gasteiger partial charge >= 0.3 is 0 Å². The highest BCUT2D eigenvalue weighted by atomic mass is 35.5. The number of aromatic nitrogens is 1. The molecule has 0 saturated carbocycles. The lowest BCUT2D eigenvalue weighted by molar-refractivity contribution is 0.529. The first-order valence-corrected chi connectivity index (χ1v) is 13.1. The molecule has 31 heavy (non-hydrogen) atoms. The second-order valence-electron chi connectivity index (χ2n) is 7.35. The third-order valence-corrected chi connectivity index (χ3v) is 9.52. The minimum absolute atomic E-state index is 0.0653. The molecule has 0 atom stereocenters. The van der Waals surface area contributed by atoms with Gasteiger partial charge in [-0.05, 0) is 48.7 Å². The predicted octanol–water partition coefficient (Wildman–Crippen LogP) is 6.28. The highest BCUT2D eigenvalue weighted by molar-refractivity contribution is 7.92. The van der Waals surface area contributed by atoms with Crippen LogP contribution in [0.5, 0.6) is 0 Å². The topological polar surface area (TPSA) is 50.3 Å². The van der Waals surface area contributed by atoms with Crippen LogP contribution in [0.1, 0.15) is 24.1 Å². The van der Waals surface area contributed by atoms with Crippen LogP contribution in [-0.4, -0.2) is 31.7 Å². The number of anilines is 1. The first kappa shape index (κ1) is 22.8. The number of benzene rings is 2. The van der Waals surface area contributed by atoms with Crippen LogP contribution in [0.4, 0.5) is 9.52 Å². The average molecular weight is 520 g/mol. The summed E-state index contributed by atoms with van der Waals surface area (Å²) in [6.45, 7) is 1.16. The molecule has 0 bridgehead atoms. The van der Waals surface area contributed by atoms with Gasteiger partial charge in [0, 0.05) is 24.9 Å². The molecule has 4 rings (SSSR count). The van der Waals surface area contributed by atoms with Gasteiger partial charge in [-0.2, -0.15) is 0 Å². The van der Waals surface area contributed by atoms with Crippen LogP contribution in [0, 0.1) is 5.82 Å². The molecule has 1 saturated heterocycles. The zero-order valence-electron chi connectivity index (χ0n) is 16.2. The van der Waals surface area contributed by atoms with Gasteiger partial charge in [-0.25, -0.2) is 17.8 Å². The number of piperidine rings is 1. The van der Waals surface area contributed by atoms with E-state index in [2.05, 4.69) is 4.90 Å². The minimum Gasteiger partial charge on any atom is -0.348 e. The van der Waals surface area contributed by atoms with E-state index in [0.717, 1.165) is 22.5 Å². The lowest BCUT2D eigenvalue weighted by Gasteiger charge is -2.31. The number of halogens is 4. The fourth-order valence-electron chi connectivity index (χ4n) is 3.59. The Bertz CT molecular complexity index is 1210. The lowest BCUT2D eigenvalue weighted by atomic mass is 10.1. The molecule has 2 aromatic carbocycles. The summed E-state index contributed by atoms with van der Waals surface area (Å²) in [5, 5.41) is 3.19. The van der Waals surface area contributed by atoms with Gasteiger partial charge in [-0.3, -0.25) is 0 Å². The van der Waals surface area contributed by atoms with Crippen LogP contribution in [0.2, 0.25) is 15.1 Å². The van der Waals surface area contributed by atoms with Crippen molar-refractivity contribution in [1.29, 1.82) is 0 Å². The normalized spacial score (nSPS) is 15.4. The fourth-order valence-corrected chi connectivity index (χ4v) is 6.79. The maximum absolute atomic E-state index is 13.4. The largest absolute Gasteiger partial charge is 0.348 e. The predicted molar refractivity (Wildman–Crippen MR) is 125 cm³/mol. The molecule has 1 aliphatic rings. The van der Waals surface area contributed by atoms with Crippen molar-refractivity contribution in [3.63, 3.8) is 0 Å². The zero-order valence-corrected chi connectivity index (χ0v) is 20.1. The van der Waals surface area contributed by atoms with Crippen LogP contribution in [0.25, 0.3) is 0 Å². The van der Waals surface area contributed by atoms with Crippen LogP contribution >= 0.6 is 46.1 Å². The van der Waals surface area contributed by atoms with Crippen LogP contribution in [0.3, 0.4) is 0 Å². The molecular formula is C21H18Cl3FN2O2S2. The fraction of sp³-hybridized carbons (Fsp3) is 0.286. The summed E-state index contributed by atoms with van der Waals surface area (Å²) in [5.41, 5.74) is 1.95. The Kier molecular flexibility index (Phi) is 6.79. The molecule has 1 aromatic heterocycles. The van der Waals surface area contributed by atoms with Gasteiger partial charge in [-0.15, -0.1) is 11.3 Å². The van der Waals surface area contributed by atoms with Gasteiger partial charge < -0.3 is 4.90 Å². The van der Waals surface area contributed by atoms with Crippen molar-refractivity contribution in [2.75, 3.05) is 18.0 Å². The van der Waals surface area contributed by atoms with Gasteiger partial charge in [0.2, 0.25) is 0 Å². The molecule has 0 N–H and O–H groups in total. The quantitative estimate of drug-likeness (QED) is 0.373. The molecule has 1 fully saturated rings. The monoisotopic (exact) mass is 518 g/mol. The number of nitrogens with zero attached hydrogens (tertiary/aromatic N) is 2. The molecule has 164 valence electrons. The van der Waals surface area contributed by atoms with Crippen molar-refractivity contribution in [2.45, 2.75) is 29.4 Å². The molecule has 2 heterocycles. The van der Waals surface area contributed by atoms with E-state index in [9.17, 15) is 12.8 Å². The van der Waals surface area contributed by atoms with Gasteiger partial charge in [0.25, 0.3) is 0 Å². The number of sulfone groups is 1.